The molecule has 4 nitrogen and oxygen atoms in total. The lowest BCUT2D eigenvalue weighted by molar-refractivity contribution is -0.149. The first-order valence-electron chi connectivity index (χ1n) is 9.27. The number of fused-ring (bicyclic) bond motifs is 1. The van der Waals surface area contributed by atoms with Crippen LogP contribution >= 0.6 is 0 Å². The molecule has 2 fully saturated rings. The van der Waals surface area contributed by atoms with E-state index in [1.807, 2.05) is 0 Å². The van der Waals surface area contributed by atoms with E-state index in [0.29, 0.717) is 6.54 Å². The first-order valence-corrected chi connectivity index (χ1v) is 9.27. The second-order valence-corrected chi connectivity index (χ2v) is 7.53. The second-order valence-electron chi connectivity index (χ2n) is 7.53. The molecule has 2 aliphatic carbocycles. The van der Waals surface area contributed by atoms with Crippen LogP contribution in [0.25, 0.3) is 0 Å². The summed E-state index contributed by atoms with van der Waals surface area (Å²) >= 11 is 0. The maximum absolute atomic E-state index is 12.7. The van der Waals surface area contributed by atoms with Gasteiger partial charge in [0.2, 0.25) is 5.91 Å². The minimum Gasteiger partial charge on any atom is -0.458 e. The Morgan fingerprint density at radius 1 is 1.12 bits per heavy atom. The fourth-order valence-corrected chi connectivity index (χ4v) is 4.66. The van der Waals surface area contributed by atoms with Crippen LogP contribution in [-0.2, 0) is 33.7 Å². The van der Waals surface area contributed by atoms with E-state index < -0.39 is 5.60 Å². The Bertz CT molecular complexity index is 661. The molecule has 0 bridgehead atoms. The van der Waals surface area contributed by atoms with E-state index in [2.05, 4.69) is 23.5 Å². The zero-order valence-electron chi connectivity index (χ0n) is 14.1. The maximum atomic E-state index is 12.7. The lowest BCUT2D eigenvalue weighted by atomic mass is 9.85. The molecule has 0 unspecified atom stereocenters. The van der Waals surface area contributed by atoms with Gasteiger partial charge >= 0.3 is 5.97 Å². The molecule has 1 amide bonds. The topological polar surface area (TPSA) is 55.4 Å². The second kappa shape index (κ2) is 6.23. The predicted octanol–water partition coefficient (Wildman–Crippen LogP) is 3.06. The van der Waals surface area contributed by atoms with Crippen LogP contribution < -0.4 is 5.32 Å². The fraction of sp³-hybridized carbons (Fsp3) is 0.600. The van der Waals surface area contributed by atoms with Crippen LogP contribution in [0.15, 0.2) is 18.2 Å². The van der Waals surface area contributed by atoms with Gasteiger partial charge in [-0.3, -0.25) is 9.59 Å². The Kier molecular flexibility index (Phi) is 4.07. The molecule has 128 valence electrons. The van der Waals surface area contributed by atoms with Crippen molar-refractivity contribution in [3.63, 3.8) is 0 Å². The Labute approximate surface area is 143 Å². The van der Waals surface area contributed by atoms with Gasteiger partial charge in [-0.05, 0) is 68.1 Å². The first kappa shape index (κ1) is 15.7. The summed E-state index contributed by atoms with van der Waals surface area (Å²) in [7, 11) is 0. The lowest BCUT2D eigenvalue weighted by Gasteiger charge is -2.28. The number of benzene rings is 1. The molecule has 1 saturated carbocycles. The van der Waals surface area contributed by atoms with Gasteiger partial charge in [-0.2, -0.15) is 0 Å². The summed E-state index contributed by atoms with van der Waals surface area (Å²) in [5, 5.41) is 3.05. The third kappa shape index (κ3) is 2.83. The van der Waals surface area contributed by atoms with Crippen molar-refractivity contribution < 1.29 is 14.3 Å². The van der Waals surface area contributed by atoms with Crippen molar-refractivity contribution in [1.82, 2.24) is 5.32 Å². The molecule has 1 aliphatic heterocycles. The van der Waals surface area contributed by atoms with E-state index >= 15 is 0 Å². The number of amides is 1. The number of carbonyl (C=O) groups is 2. The lowest BCUT2D eigenvalue weighted by Crippen LogP contribution is -2.42. The van der Waals surface area contributed by atoms with Gasteiger partial charge in [0.1, 0.15) is 5.60 Å². The maximum Gasteiger partial charge on any atom is 0.307 e. The van der Waals surface area contributed by atoms with E-state index in [0.717, 1.165) is 37.7 Å². The molecular weight excluding hydrogens is 302 g/mol. The van der Waals surface area contributed by atoms with Crippen LogP contribution in [0.5, 0.6) is 0 Å². The molecule has 1 aromatic carbocycles. The summed E-state index contributed by atoms with van der Waals surface area (Å²) in [4.78, 5) is 24.4. The van der Waals surface area contributed by atoms with Crippen molar-refractivity contribution >= 4 is 11.9 Å². The molecule has 1 spiro atoms. The van der Waals surface area contributed by atoms with Gasteiger partial charge in [0.15, 0.2) is 0 Å². The molecule has 1 saturated heterocycles. The Morgan fingerprint density at radius 3 is 2.67 bits per heavy atom. The molecule has 0 aromatic heterocycles. The average Bonchev–Trinajstić information content (AvgIpc) is 3.19. The molecule has 0 radical (unpaired) electrons. The number of esters is 1. The number of hydrogen-bond acceptors (Lipinski definition) is 3. The van der Waals surface area contributed by atoms with E-state index in [1.165, 1.54) is 30.4 Å². The van der Waals surface area contributed by atoms with Crippen molar-refractivity contribution in [2.75, 3.05) is 0 Å². The quantitative estimate of drug-likeness (QED) is 0.868. The van der Waals surface area contributed by atoms with Crippen molar-refractivity contribution in [3.05, 3.63) is 34.9 Å². The number of carbonyl (C=O) groups excluding carboxylic acids is 2. The normalized spacial score (nSPS) is 24.7. The SMILES string of the molecule is O=C1C[C@H](C(=O)NCc2ccc3c(c2)CCCC3)C2(CCCC2)O1. The predicted molar refractivity (Wildman–Crippen MR) is 90.3 cm³/mol. The number of hydrogen-bond donors (Lipinski definition) is 1. The number of ether oxygens (including phenoxy) is 1. The summed E-state index contributed by atoms with van der Waals surface area (Å²) in [5.74, 6) is -0.559. The highest BCUT2D eigenvalue weighted by Crippen LogP contribution is 2.45. The number of rotatable bonds is 3. The van der Waals surface area contributed by atoms with Gasteiger partial charge in [0.05, 0.1) is 12.3 Å². The van der Waals surface area contributed by atoms with Crippen LogP contribution in [0.4, 0.5) is 0 Å². The Balaban J connectivity index is 1.42. The Morgan fingerprint density at radius 2 is 1.88 bits per heavy atom. The van der Waals surface area contributed by atoms with Crippen LogP contribution in [0.1, 0.15) is 61.6 Å². The first-order chi connectivity index (χ1) is 11.7. The largest absolute Gasteiger partial charge is 0.458 e. The van der Waals surface area contributed by atoms with Crippen molar-refractivity contribution in [3.8, 4) is 0 Å². The third-order valence-corrected chi connectivity index (χ3v) is 5.97. The van der Waals surface area contributed by atoms with Gasteiger partial charge in [-0.1, -0.05) is 18.2 Å². The van der Waals surface area contributed by atoms with Crippen molar-refractivity contribution in [1.29, 1.82) is 0 Å². The van der Waals surface area contributed by atoms with Gasteiger partial charge < -0.3 is 10.1 Å². The van der Waals surface area contributed by atoms with Crippen molar-refractivity contribution in [2.24, 2.45) is 5.92 Å². The minimum atomic E-state index is -0.517. The van der Waals surface area contributed by atoms with Gasteiger partial charge in [-0.15, -0.1) is 0 Å². The number of aryl methyl sites for hydroxylation is 2. The summed E-state index contributed by atoms with van der Waals surface area (Å²) in [5.41, 5.74) is 3.52. The highest BCUT2D eigenvalue weighted by molar-refractivity contribution is 5.87. The van der Waals surface area contributed by atoms with Crippen molar-refractivity contribution in [2.45, 2.75) is 69.9 Å². The van der Waals surface area contributed by atoms with E-state index in [4.69, 9.17) is 4.74 Å². The highest BCUT2D eigenvalue weighted by Gasteiger charge is 2.53. The zero-order valence-corrected chi connectivity index (χ0v) is 14.1. The Hall–Kier alpha value is -1.84. The smallest absolute Gasteiger partial charge is 0.307 e. The molecule has 4 rings (SSSR count). The van der Waals surface area contributed by atoms with E-state index in [-0.39, 0.29) is 24.2 Å². The van der Waals surface area contributed by atoms with E-state index in [1.54, 1.807) is 0 Å². The molecular formula is C20H25NO3. The molecule has 4 heteroatoms. The summed E-state index contributed by atoms with van der Waals surface area (Å²) in [6, 6.07) is 6.55. The van der Waals surface area contributed by atoms with E-state index in [9.17, 15) is 9.59 Å². The molecule has 24 heavy (non-hydrogen) atoms. The van der Waals surface area contributed by atoms with Crippen LogP contribution in [0.2, 0.25) is 0 Å². The van der Waals surface area contributed by atoms with Crippen LogP contribution in [0, 0.1) is 5.92 Å². The standard InChI is InChI=1S/C20H25NO3/c22-18-12-17(20(24-18)9-3-4-10-20)19(23)21-13-14-7-8-15-5-1-2-6-16(15)11-14/h7-8,11,17H,1-6,9-10,12-13H2,(H,21,23)/t17-/m1/s1. The van der Waals surface area contributed by atoms with Crippen LogP contribution in [0.3, 0.4) is 0 Å². The van der Waals surface area contributed by atoms with Gasteiger partial charge in [-0.25, -0.2) is 0 Å². The molecule has 1 aromatic rings. The summed E-state index contributed by atoms with van der Waals surface area (Å²) in [6.45, 7) is 0.535. The molecule has 1 atom stereocenters. The molecule has 1 heterocycles. The van der Waals surface area contributed by atoms with Gasteiger partial charge in [0.25, 0.3) is 0 Å². The average molecular weight is 327 g/mol. The van der Waals surface area contributed by atoms with Crippen LogP contribution in [-0.4, -0.2) is 17.5 Å². The fourth-order valence-electron chi connectivity index (χ4n) is 4.66. The molecule has 1 N–H and O–H groups in total. The van der Waals surface area contributed by atoms with Gasteiger partial charge in [0, 0.05) is 6.54 Å². The minimum absolute atomic E-state index is 0.0273. The summed E-state index contributed by atoms with van der Waals surface area (Å²) < 4.78 is 5.57. The monoisotopic (exact) mass is 327 g/mol. The third-order valence-electron chi connectivity index (χ3n) is 5.97. The molecule has 3 aliphatic rings. The summed E-state index contributed by atoms with van der Waals surface area (Å²) in [6.07, 6.45) is 8.83. The highest BCUT2D eigenvalue weighted by atomic mass is 16.6. The number of nitrogens with one attached hydrogen (secondary N) is 1. The zero-order chi connectivity index (χ0) is 16.6.